The highest BCUT2D eigenvalue weighted by Crippen LogP contribution is 2.16. The van der Waals surface area contributed by atoms with Crippen LogP contribution in [-0.4, -0.2) is 37.2 Å². The molecular formula is C76H126O6. The number of unbranched alkanes of at least 4 members (excludes halogenated alkanes) is 28. The minimum absolute atomic E-state index is 0.0915. The summed E-state index contributed by atoms with van der Waals surface area (Å²) >= 11 is 0. The number of allylic oxidation sites excluding steroid dienone is 22. The Kier molecular flexibility index (Phi) is 65.3. The molecule has 6 nitrogen and oxygen atoms in total. The van der Waals surface area contributed by atoms with Crippen molar-refractivity contribution < 1.29 is 28.6 Å². The first-order chi connectivity index (χ1) is 40.5. The molecule has 6 heteroatoms. The maximum absolute atomic E-state index is 12.9. The zero-order chi connectivity index (χ0) is 59.2. The summed E-state index contributed by atoms with van der Waals surface area (Å²) in [4.78, 5) is 38.3. The predicted molar refractivity (Wildman–Crippen MR) is 357 cm³/mol. The molecule has 0 amide bonds. The van der Waals surface area contributed by atoms with Gasteiger partial charge in [0.2, 0.25) is 0 Å². The van der Waals surface area contributed by atoms with Crippen molar-refractivity contribution in [1.82, 2.24) is 0 Å². The lowest BCUT2D eigenvalue weighted by Gasteiger charge is -2.18. The third-order valence-corrected chi connectivity index (χ3v) is 14.4. The summed E-state index contributed by atoms with van der Waals surface area (Å²) in [5.41, 5.74) is 0. The molecule has 1 unspecified atom stereocenters. The van der Waals surface area contributed by atoms with Crippen LogP contribution >= 0.6 is 0 Å². The van der Waals surface area contributed by atoms with E-state index in [1.54, 1.807) is 0 Å². The minimum Gasteiger partial charge on any atom is -0.462 e. The Bertz CT molecular complexity index is 1730. The standard InChI is InChI=1S/C76H126O6/c1-4-7-10-13-16-19-22-24-26-28-30-32-34-36-37-38-39-41-42-44-46-48-50-52-54-57-60-63-66-69-75(78)81-72-73(71-80-74(77)68-65-62-59-56-21-18-15-12-9-6-3)82-76(79)70-67-64-61-58-55-53-51-49-47-45-43-40-35-33-31-29-27-25-23-20-17-14-11-8-5-2/h7-8,10-11,16-17,19-20,24-27,30-33,40,43,47,49,53,55,73H,4-6,9,12-15,18,21-23,28-29,34-39,41-42,44-46,48,50-52,54,56-72H2,1-3H3/b10-7-,11-8-,19-16-,20-17-,26-24-,27-25-,32-30-,33-31-,43-40-,49-47-,55-53-. The monoisotopic (exact) mass is 1130 g/mol. The molecule has 0 rings (SSSR count). The highest BCUT2D eigenvalue weighted by molar-refractivity contribution is 5.71. The maximum atomic E-state index is 12.9. The van der Waals surface area contributed by atoms with Gasteiger partial charge in [-0.25, -0.2) is 0 Å². The van der Waals surface area contributed by atoms with E-state index in [9.17, 15) is 14.4 Å². The highest BCUT2D eigenvalue weighted by atomic mass is 16.6. The number of carbonyl (C=O) groups excluding carboxylic acids is 3. The Hall–Kier alpha value is -4.45. The Morgan fingerprint density at radius 2 is 0.476 bits per heavy atom. The topological polar surface area (TPSA) is 78.9 Å². The summed E-state index contributed by atoms with van der Waals surface area (Å²) in [6, 6.07) is 0. The van der Waals surface area contributed by atoms with Gasteiger partial charge in [0.05, 0.1) is 0 Å². The third-order valence-electron chi connectivity index (χ3n) is 14.4. The van der Waals surface area contributed by atoms with Gasteiger partial charge in [0.25, 0.3) is 0 Å². The molecule has 0 aromatic heterocycles. The lowest BCUT2D eigenvalue weighted by Crippen LogP contribution is -2.30. The fourth-order valence-electron chi connectivity index (χ4n) is 9.36. The van der Waals surface area contributed by atoms with Crippen LogP contribution in [0.1, 0.15) is 310 Å². The quantitative estimate of drug-likeness (QED) is 0.0261. The minimum atomic E-state index is -0.798. The van der Waals surface area contributed by atoms with E-state index in [1.807, 2.05) is 0 Å². The van der Waals surface area contributed by atoms with Crippen molar-refractivity contribution in [2.75, 3.05) is 13.2 Å². The van der Waals surface area contributed by atoms with E-state index >= 15 is 0 Å². The third kappa shape index (κ3) is 66.4. The van der Waals surface area contributed by atoms with Crippen LogP contribution in [0.25, 0.3) is 0 Å². The second kappa shape index (κ2) is 69.0. The molecule has 82 heavy (non-hydrogen) atoms. The molecule has 0 N–H and O–H groups in total. The van der Waals surface area contributed by atoms with Crippen molar-refractivity contribution in [2.45, 2.75) is 316 Å². The number of hydrogen-bond acceptors (Lipinski definition) is 6. The van der Waals surface area contributed by atoms with Crippen LogP contribution in [0.2, 0.25) is 0 Å². The van der Waals surface area contributed by atoms with E-state index in [2.05, 4.69) is 154 Å². The molecule has 0 radical (unpaired) electrons. The lowest BCUT2D eigenvalue weighted by molar-refractivity contribution is -0.167. The van der Waals surface area contributed by atoms with Crippen LogP contribution in [0.15, 0.2) is 134 Å². The fraction of sp³-hybridized carbons (Fsp3) is 0.671. The average Bonchev–Trinajstić information content (AvgIpc) is 3.47. The SMILES string of the molecule is CC/C=C\C/C=C\C/C=C\C/C=C\C/C=C\C/C=C\C/C=C\CCCCCC(=O)OC(COC(=O)CCCCCCCCCCCC)COC(=O)CCCCCCCCCCCCCCCCCC/C=C\C/C=C\C/C=C\C/C=C\CC. The lowest BCUT2D eigenvalue weighted by atomic mass is 10.0. The molecule has 0 aromatic rings. The van der Waals surface area contributed by atoms with E-state index in [4.69, 9.17) is 14.2 Å². The highest BCUT2D eigenvalue weighted by Gasteiger charge is 2.19. The molecule has 1 atom stereocenters. The molecule has 0 aromatic carbocycles. The van der Waals surface area contributed by atoms with Crippen molar-refractivity contribution in [3.05, 3.63) is 134 Å². The van der Waals surface area contributed by atoms with Gasteiger partial charge in [0.1, 0.15) is 13.2 Å². The molecule has 0 spiro atoms. The van der Waals surface area contributed by atoms with Crippen molar-refractivity contribution in [3.8, 4) is 0 Å². The van der Waals surface area contributed by atoms with E-state index in [1.165, 1.54) is 135 Å². The van der Waals surface area contributed by atoms with Gasteiger partial charge in [-0.05, 0) is 116 Å². The predicted octanol–water partition coefficient (Wildman–Crippen LogP) is 23.7. The number of carbonyl (C=O) groups is 3. The first-order valence-corrected chi connectivity index (χ1v) is 34.2. The van der Waals surface area contributed by atoms with Crippen LogP contribution in [0.5, 0.6) is 0 Å². The van der Waals surface area contributed by atoms with E-state index < -0.39 is 6.10 Å². The zero-order valence-corrected chi connectivity index (χ0v) is 53.5. The molecule has 466 valence electrons. The molecule has 0 bridgehead atoms. The smallest absolute Gasteiger partial charge is 0.306 e. The molecule has 0 saturated carbocycles. The van der Waals surface area contributed by atoms with Gasteiger partial charge in [-0.1, -0.05) is 309 Å². The molecule has 0 aliphatic carbocycles. The van der Waals surface area contributed by atoms with Crippen molar-refractivity contribution in [1.29, 1.82) is 0 Å². The summed E-state index contributed by atoms with van der Waals surface area (Å²) in [5.74, 6) is -0.919. The van der Waals surface area contributed by atoms with Crippen molar-refractivity contribution >= 4 is 17.9 Å². The van der Waals surface area contributed by atoms with Gasteiger partial charge in [-0.3, -0.25) is 14.4 Å². The number of rotatable bonds is 61. The second-order valence-corrected chi connectivity index (χ2v) is 22.3. The van der Waals surface area contributed by atoms with E-state index in [-0.39, 0.29) is 37.5 Å². The first-order valence-electron chi connectivity index (χ1n) is 34.2. The second-order valence-electron chi connectivity index (χ2n) is 22.3. The summed E-state index contributed by atoms with van der Waals surface area (Å²) < 4.78 is 16.9. The molecule has 0 aliphatic rings. The number of esters is 3. The van der Waals surface area contributed by atoms with Gasteiger partial charge >= 0.3 is 17.9 Å². The average molecular weight is 1140 g/mol. The van der Waals surface area contributed by atoms with Gasteiger partial charge in [-0.2, -0.15) is 0 Å². The van der Waals surface area contributed by atoms with Crippen LogP contribution < -0.4 is 0 Å². The normalized spacial score (nSPS) is 13.0. The van der Waals surface area contributed by atoms with Gasteiger partial charge in [-0.15, -0.1) is 0 Å². The largest absolute Gasteiger partial charge is 0.462 e. The molecule has 0 heterocycles. The van der Waals surface area contributed by atoms with Crippen LogP contribution in [-0.2, 0) is 28.6 Å². The summed E-state index contributed by atoms with van der Waals surface area (Å²) in [6.07, 6.45) is 97.7. The molecular weight excluding hydrogens is 1010 g/mol. The van der Waals surface area contributed by atoms with Crippen LogP contribution in [0.4, 0.5) is 0 Å². The Morgan fingerprint density at radius 3 is 0.756 bits per heavy atom. The Morgan fingerprint density at radius 1 is 0.256 bits per heavy atom. The van der Waals surface area contributed by atoms with E-state index in [0.717, 1.165) is 135 Å². The zero-order valence-electron chi connectivity index (χ0n) is 53.5. The summed E-state index contributed by atoms with van der Waals surface area (Å²) in [6.45, 7) is 6.39. The van der Waals surface area contributed by atoms with Gasteiger partial charge in [0.15, 0.2) is 6.10 Å². The molecule has 0 aliphatic heterocycles. The fourth-order valence-corrected chi connectivity index (χ4v) is 9.36. The van der Waals surface area contributed by atoms with Crippen molar-refractivity contribution in [3.63, 3.8) is 0 Å². The molecule has 0 saturated heterocycles. The Labute approximate surface area is 506 Å². The first kappa shape index (κ1) is 77.5. The Balaban J connectivity index is 4.27. The summed E-state index contributed by atoms with van der Waals surface area (Å²) in [7, 11) is 0. The number of hydrogen-bond donors (Lipinski definition) is 0. The number of ether oxygens (including phenoxy) is 3. The van der Waals surface area contributed by atoms with E-state index in [0.29, 0.717) is 12.8 Å². The van der Waals surface area contributed by atoms with Gasteiger partial charge < -0.3 is 14.2 Å². The molecule has 0 fully saturated rings. The summed E-state index contributed by atoms with van der Waals surface area (Å²) in [5, 5.41) is 0. The van der Waals surface area contributed by atoms with Crippen molar-refractivity contribution in [2.24, 2.45) is 0 Å². The van der Waals surface area contributed by atoms with Crippen LogP contribution in [0.3, 0.4) is 0 Å². The van der Waals surface area contributed by atoms with Crippen LogP contribution in [0, 0.1) is 0 Å². The maximum Gasteiger partial charge on any atom is 0.306 e. The van der Waals surface area contributed by atoms with Gasteiger partial charge in [0, 0.05) is 19.3 Å².